The molecule has 3 heteroatoms. The molecule has 1 aromatic carbocycles. The van der Waals surface area contributed by atoms with Crippen LogP contribution in [-0.2, 0) is 5.54 Å². The summed E-state index contributed by atoms with van der Waals surface area (Å²) in [5.74, 6) is 2.15. The second-order valence-corrected chi connectivity index (χ2v) is 7.11. The lowest BCUT2D eigenvalue weighted by molar-refractivity contribution is 0.382. The Labute approximate surface area is 128 Å². The van der Waals surface area contributed by atoms with Crippen LogP contribution >= 0.6 is 0 Å². The Hall–Kier alpha value is -1.77. The molecule has 0 radical (unpaired) electrons. The monoisotopic (exact) mass is 285 g/mol. The number of aromatic nitrogens is 2. The topological polar surface area (TPSA) is 43.8 Å². The zero-order valence-corrected chi connectivity index (χ0v) is 14.3. The second-order valence-electron chi connectivity index (χ2n) is 7.11. The van der Waals surface area contributed by atoms with Crippen molar-refractivity contribution in [3.63, 3.8) is 0 Å². The van der Waals surface area contributed by atoms with Crippen LogP contribution in [0.5, 0.6) is 0 Å². The number of nitrogens with two attached hydrogens (primary N) is 1. The summed E-state index contributed by atoms with van der Waals surface area (Å²) in [6.45, 7) is 15.1. The fraction of sp³-hybridized carbons (Fsp3) is 0.500. The van der Waals surface area contributed by atoms with Crippen molar-refractivity contribution in [2.24, 2.45) is 0 Å². The average Bonchev–Trinajstić information content (AvgIpc) is 2.70. The maximum absolute atomic E-state index is 6.48. The molecule has 0 aliphatic heterocycles. The molecule has 0 saturated heterocycles. The molecule has 1 heterocycles. The molecule has 2 aromatic rings. The van der Waals surface area contributed by atoms with Crippen molar-refractivity contribution in [1.29, 1.82) is 0 Å². The highest BCUT2D eigenvalue weighted by molar-refractivity contribution is 5.74. The van der Waals surface area contributed by atoms with Crippen LogP contribution in [0.1, 0.15) is 57.5 Å². The maximum Gasteiger partial charge on any atom is 0.132 e. The Bertz CT molecular complexity index is 658. The highest BCUT2D eigenvalue weighted by atomic mass is 15.2. The quantitative estimate of drug-likeness (QED) is 0.874. The van der Waals surface area contributed by atoms with Crippen LogP contribution in [0.25, 0.3) is 11.3 Å². The number of benzene rings is 1. The van der Waals surface area contributed by atoms with Gasteiger partial charge in [0.2, 0.25) is 0 Å². The van der Waals surface area contributed by atoms with E-state index in [2.05, 4.69) is 71.2 Å². The minimum Gasteiger partial charge on any atom is -0.383 e. The number of imidazole rings is 1. The fourth-order valence-corrected chi connectivity index (χ4v) is 2.75. The Morgan fingerprint density at radius 3 is 2.24 bits per heavy atom. The maximum atomic E-state index is 6.48. The van der Waals surface area contributed by atoms with Crippen LogP contribution in [0.4, 0.5) is 5.82 Å². The SMILES string of the molecule is Cc1cccc(-c2nc(C(C)C)n(C(C)(C)C)c2N)c1C. The Morgan fingerprint density at radius 2 is 1.76 bits per heavy atom. The number of hydrogen-bond donors (Lipinski definition) is 1. The molecular formula is C18H27N3. The van der Waals surface area contributed by atoms with Crippen LogP contribution in [0.15, 0.2) is 18.2 Å². The molecule has 0 saturated carbocycles. The van der Waals surface area contributed by atoms with Gasteiger partial charge in [0.1, 0.15) is 17.3 Å². The third kappa shape index (κ3) is 2.69. The molecule has 0 aliphatic rings. The molecule has 0 unspecified atom stereocenters. The molecule has 0 bridgehead atoms. The van der Waals surface area contributed by atoms with Gasteiger partial charge in [-0.2, -0.15) is 0 Å². The van der Waals surface area contributed by atoms with E-state index in [1.807, 2.05) is 0 Å². The van der Waals surface area contributed by atoms with Crippen LogP contribution in [0.3, 0.4) is 0 Å². The normalized spacial score (nSPS) is 12.2. The number of rotatable bonds is 2. The summed E-state index contributed by atoms with van der Waals surface area (Å²) in [5.41, 5.74) is 11.0. The summed E-state index contributed by atoms with van der Waals surface area (Å²) in [4.78, 5) is 4.89. The van der Waals surface area contributed by atoms with E-state index in [1.54, 1.807) is 0 Å². The van der Waals surface area contributed by atoms with Crippen molar-refractivity contribution in [2.45, 2.75) is 59.9 Å². The average molecular weight is 285 g/mol. The second kappa shape index (κ2) is 5.21. The molecule has 0 fully saturated rings. The summed E-state index contributed by atoms with van der Waals surface area (Å²) in [5, 5.41) is 0. The summed E-state index contributed by atoms with van der Waals surface area (Å²) in [7, 11) is 0. The van der Waals surface area contributed by atoms with Gasteiger partial charge in [-0.25, -0.2) is 4.98 Å². The van der Waals surface area contributed by atoms with Crippen LogP contribution < -0.4 is 5.73 Å². The number of nitrogen functional groups attached to an aromatic ring is 1. The van der Waals surface area contributed by atoms with Gasteiger partial charge in [-0.3, -0.25) is 0 Å². The first-order valence-corrected chi connectivity index (χ1v) is 7.59. The number of nitrogens with zero attached hydrogens (tertiary/aromatic N) is 2. The minimum atomic E-state index is -0.0767. The lowest BCUT2D eigenvalue weighted by Gasteiger charge is -2.26. The highest BCUT2D eigenvalue weighted by Crippen LogP contribution is 2.35. The zero-order valence-electron chi connectivity index (χ0n) is 14.3. The van der Waals surface area contributed by atoms with E-state index in [1.165, 1.54) is 11.1 Å². The van der Waals surface area contributed by atoms with E-state index in [9.17, 15) is 0 Å². The number of hydrogen-bond acceptors (Lipinski definition) is 2. The fourth-order valence-electron chi connectivity index (χ4n) is 2.75. The van der Waals surface area contributed by atoms with Gasteiger partial charge in [0.25, 0.3) is 0 Å². The van der Waals surface area contributed by atoms with Gasteiger partial charge in [-0.05, 0) is 45.7 Å². The van der Waals surface area contributed by atoms with Gasteiger partial charge in [0.05, 0.1) is 0 Å². The van der Waals surface area contributed by atoms with Gasteiger partial charge in [0.15, 0.2) is 0 Å². The van der Waals surface area contributed by atoms with Gasteiger partial charge in [0, 0.05) is 17.0 Å². The van der Waals surface area contributed by atoms with E-state index in [0.717, 1.165) is 22.9 Å². The predicted molar refractivity (Wildman–Crippen MR) is 90.6 cm³/mol. The minimum absolute atomic E-state index is 0.0767. The molecule has 0 amide bonds. The van der Waals surface area contributed by atoms with Crippen molar-refractivity contribution in [2.75, 3.05) is 5.73 Å². The lowest BCUT2D eigenvalue weighted by atomic mass is 10.0. The molecule has 2 N–H and O–H groups in total. The van der Waals surface area contributed by atoms with Crippen molar-refractivity contribution < 1.29 is 0 Å². The summed E-state index contributed by atoms with van der Waals surface area (Å²) in [6.07, 6.45) is 0. The summed E-state index contributed by atoms with van der Waals surface area (Å²) in [6, 6.07) is 6.31. The summed E-state index contributed by atoms with van der Waals surface area (Å²) < 4.78 is 2.18. The molecule has 0 spiro atoms. The standard InChI is InChI=1S/C18H27N3/c1-11(2)17-20-15(16(19)21(17)18(5,6)7)14-10-8-9-12(3)13(14)4/h8-11H,19H2,1-7H3. The van der Waals surface area contributed by atoms with Gasteiger partial charge in [-0.1, -0.05) is 32.0 Å². The van der Waals surface area contributed by atoms with Gasteiger partial charge >= 0.3 is 0 Å². The molecule has 2 rings (SSSR count). The Balaban J connectivity index is 2.75. The van der Waals surface area contributed by atoms with E-state index < -0.39 is 0 Å². The first-order valence-electron chi connectivity index (χ1n) is 7.59. The zero-order chi connectivity index (χ0) is 15.9. The summed E-state index contributed by atoms with van der Waals surface area (Å²) >= 11 is 0. The molecule has 0 aliphatic carbocycles. The Kier molecular flexibility index (Phi) is 3.87. The van der Waals surface area contributed by atoms with Crippen molar-refractivity contribution >= 4 is 5.82 Å². The van der Waals surface area contributed by atoms with E-state index >= 15 is 0 Å². The molecule has 0 atom stereocenters. The first kappa shape index (κ1) is 15.6. The number of aryl methyl sites for hydroxylation is 1. The van der Waals surface area contributed by atoms with Gasteiger partial charge < -0.3 is 10.3 Å². The van der Waals surface area contributed by atoms with Gasteiger partial charge in [-0.15, -0.1) is 0 Å². The molecular weight excluding hydrogens is 258 g/mol. The molecule has 3 nitrogen and oxygen atoms in total. The van der Waals surface area contributed by atoms with Crippen LogP contribution in [0.2, 0.25) is 0 Å². The molecule has 21 heavy (non-hydrogen) atoms. The van der Waals surface area contributed by atoms with E-state index in [4.69, 9.17) is 10.7 Å². The van der Waals surface area contributed by atoms with Crippen LogP contribution in [-0.4, -0.2) is 9.55 Å². The third-order valence-corrected chi connectivity index (χ3v) is 3.99. The van der Waals surface area contributed by atoms with E-state index in [0.29, 0.717) is 5.92 Å². The van der Waals surface area contributed by atoms with Crippen LogP contribution in [0, 0.1) is 13.8 Å². The Morgan fingerprint density at radius 1 is 1.14 bits per heavy atom. The number of anilines is 1. The molecule has 114 valence electrons. The van der Waals surface area contributed by atoms with Crippen molar-refractivity contribution in [3.05, 3.63) is 35.2 Å². The highest BCUT2D eigenvalue weighted by Gasteiger charge is 2.26. The third-order valence-electron chi connectivity index (χ3n) is 3.99. The lowest BCUT2D eigenvalue weighted by Crippen LogP contribution is -2.26. The molecule has 1 aromatic heterocycles. The smallest absolute Gasteiger partial charge is 0.132 e. The van der Waals surface area contributed by atoms with E-state index in [-0.39, 0.29) is 5.54 Å². The first-order chi connectivity index (χ1) is 9.64. The van der Waals surface area contributed by atoms with Crippen molar-refractivity contribution in [3.8, 4) is 11.3 Å². The largest absolute Gasteiger partial charge is 0.383 e. The van der Waals surface area contributed by atoms with Crippen molar-refractivity contribution in [1.82, 2.24) is 9.55 Å². The predicted octanol–water partition coefficient (Wildman–Crippen LogP) is 4.63.